The lowest BCUT2D eigenvalue weighted by molar-refractivity contribution is -0.119. The molecule has 0 aliphatic carbocycles. The minimum Gasteiger partial charge on any atom is -0.467 e. The summed E-state index contributed by atoms with van der Waals surface area (Å²) in [5.74, 6) is 0.485. The number of nitrogens with zero attached hydrogens (tertiary/aromatic N) is 3. The van der Waals surface area contributed by atoms with Crippen molar-refractivity contribution in [2.24, 2.45) is 0 Å². The Hall–Kier alpha value is -4.78. The number of furan rings is 1. The number of hydrogen-bond donors (Lipinski definition) is 1. The Kier molecular flexibility index (Phi) is 6.63. The summed E-state index contributed by atoms with van der Waals surface area (Å²) in [5.41, 5.74) is 3.34. The molecule has 2 aromatic heterocycles. The summed E-state index contributed by atoms with van der Waals surface area (Å²) in [5, 5.41) is 5.06. The van der Waals surface area contributed by atoms with Crippen LogP contribution in [0.25, 0.3) is 16.5 Å². The second-order valence-electron chi connectivity index (χ2n) is 9.71. The molecule has 6 rings (SSSR count). The van der Waals surface area contributed by atoms with E-state index in [-0.39, 0.29) is 18.5 Å². The molecule has 0 saturated carbocycles. The highest BCUT2D eigenvalue weighted by Crippen LogP contribution is 2.42. The van der Waals surface area contributed by atoms with Crippen LogP contribution in [0.3, 0.4) is 0 Å². The molecule has 196 valence electrons. The van der Waals surface area contributed by atoms with Crippen molar-refractivity contribution in [3.05, 3.63) is 115 Å². The number of carbonyl (C=O) groups excluding carboxylic acids is 2. The van der Waals surface area contributed by atoms with E-state index in [0.717, 1.165) is 46.4 Å². The number of fused-ring (bicyclic) bond motifs is 4. The molecular weight excluding hydrogens is 488 g/mol. The smallest absolute Gasteiger partial charge is 0.322 e. The number of nitrogens with one attached hydrogen (secondary N) is 1. The van der Waals surface area contributed by atoms with Crippen LogP contribution in [0.15, 0.2) is 108 Å². The molecular formula is C32H30N4O3. The van der Waals surface area contributed by atoms with Crippen LogP contribution in [0, 0.1) is 0 Å². The molecule has 5 aromatic rings. The van der Waals surface area contributed by atoms with Crippen LogP contribution in [-0.2, 0) is 4.79 Å². The Morgan fingerprint density at radius 1 is 0.897 bits per heavy atom. The number of rotatable bonds is 7. The lowest BCUT2D eigenvalue weighted by Gasteiger charge is -2.38. The van der Waals surface area contributed by atoms with Crippen molar-refractivity contribution in [3.63, 3.8) is 0 Å². The quantitative estimate of drug-likeness (QED) is 0.252. The molecule has 1 atom stereocenters. The molecule has 39 heavy (non-hydrogen) atoms. The Morgan fingerprint density at radius 3 is 2.51 bits per heavy atom. The third-order valence-electron chi connectivity index (χ3n) is 7.23. The van der Waals surface area contributed by atoms with E-state index >= 15 is 0 Å². The minimum absolute atomic E-state index is 0.0666. The van der Waals surface area contributed by atoms with Crippen LogP contribution >= 0.6 is 0 Å². The number of benzene rings is 3. The Balaban J connectivity index is 1.33. The van der Waals surface area contributed by atoms with E-state index < -0.39 is 6.04 Å². The van der Waals surface area contributed by atoms with Gasteiger partial charge >= 0.3 is 6.03 Å². The van der Waals surface area contributed by atoms with Gasteiger partial charge in [-0.3, -0.25) is 9.69 Å². The Morgan fingerprint density at radius 2 is 1.69 bits per heavy atom. The lowest BCUT2D eigenvalue weighted by Crippen LogP contribution is -2.47. The molecule has 3 heterocycles. The van der Waals surface area contributed by atoms with Gasteiger partial charge in [0.15, 0.2) is 0 Å². The van der Waals surface area contributed by atoms with Crippen molar-refractivity contribution in [2.45, 2.75) is 25.8 Å². The molecule has 0 saturated heterocycles. The van der Waals surface area contributed by atoms with Gasteiger partial charge in [-0.25, -0.2) is 4.79 Å². The molecule has 0 bridgehead atoms. The first-order valence-electron chi connectivity index (χ1n) is 13.3. The topological polar surface area (TPSA) is 70.7 Å². The zero-order valence-electron chi connectivity index (χ0n) is 21.8. The van der Waals surface area contributed by atoms with E-state index in [9.17, 15) is 9.59 Å². The van der Waals surface area contributed by atoms with Gasteiger partial charge < -0.3 is 19.2 Å². The summed E-state index contributed by atoms with van der Waals surface area (Å²) < 4.78 is 7.92. The van der Waals surface area contributed by atoms with E-state index in [2.05, 4.69) is 16.8 Å². The summed E-state index contributed by atoms with van der Waals surface area (Å²) >= 11 is 0. The van der Waals surface area contributed by atoms with E-state index in [0.29, 0.717) is 12.3 Å². The molecule has 1 aliphatic rings. The van der Waals surface area contributed by atoms with E-state index in [1.807, 2.05) is 97.2 Å². The number of aromatic nitrogens is 1. The van der Waals surface area contributed by atoms with Crippen molar-refractivity contribution in [2.75, 3.05) is 23.3 Å². The van der Waals surface area contributed by atoms with Crippen LogP contribution in [-0.4, -0.2) is 34.5 Å². The van der Waals surface area contributed by atoms with Crippen LogP contribution in [0.4, 0.5) is 16.2 Å². The summed E-state index contributed by atoms with van der Waals surface area (Å²) in [4.78, 5) is 31.2. The number of anilines is 2. The highest BCUT2D eigenvalue weighted by Gasteiger charge is 2.38. The first-order valence-corrected chi connectivity index (χ1v) is 13.3. The zero-order valence-corrected chi connectivity index (χ0v) is 21.8. The third-order valence-corrected chi connectivity index (χ3v) is 7.23. The maximum Gasteiger partial charge on any atom is 0.322 e. The number of amides is 3. The summed E-state index contributed by atoms with van der Waals surface area (Å²) in [6, 6.07) is 28.5. The largest absolute Gasteiger partial charge is 0.467 e. The van der Waals surface area contributed by atoms with Crippen molar-refractivity contribution in [3.8, 4) is 5.69 Å². The predicted octanol–water partition coefficient (Wildman–Crippen LogP) is 6.99. The first kappa shape index (κ1) is 24.6. The number of hydrogen-bond acceptors (Lipinski definition) is 3. The van der Waals surface area contributed by atoms with Gasteiger partial charge in [0.1, 0.15) is 18.3 Å². The SMILES string of the molecule is CCCCN(CC(=O)N1c2ccccc2-n2cccc2C1c1ccco1)C(=O)Nc1cccc2ccccc12. The second kappa shape index (κ2) is 10.5. The lowest BCUT2D eigenvalue weighted by atomic mass is 10.0. The molecule has 3 amide bonds. The van der Waals surface area contributed by atoms with Gasteiger partial charge in [-0.2, -0.15) is 0 Å². The van der Waals surface area contributed by atoms with Gasteiger partial charge in [0.05, 0.1) is 29.0 Å². The normalized spacial score (nSPS) is 14.1. The second-order valence-corrected chi connectivity index (χ2v) is 9.71. The molecule has 1 aliphatic heterocycles. The Bertz CT molecular complexity index is 1620. The average Bonchev–Trinajstić information content (AvgIpc) is 3.68. The molecule has 0 fully saturated rings. The maximum absolute atomic E-state index is 14.2. The highest BCUT2D eigenvalue weighted by atomic mass is 16.3. The number of unbranched alkanes of at least 4 members (excludes halogenated alkanes) is 1. The third kappa shape index (κ3) is 4.56. The van der Waals surface area contributed by atoms with E-state index in [1.54, 1.807) is 16.1 Å². The maximum atomic E-state index is 14.2. The fourth-order valence-corrected chi connectivity index (χ4v) is 5.35. The van der Waals surface area contributed by atoms with Crippen molar-refractivity contribution < 1.29 is 14.0 Å². The summed E-state index contributed by atoms with van der Waals surface area (Å²) in [7, 11) is 0. The number of para-hydroxylation sites is 2. The minimum atomic E-state index is -0.452. The molecule has 7 heteroatoms. The van der Waals surface area contributed by atoms with E-state index in [4.69, 9.17) is 4.42 Å². The van der Waals surface area contributed by atoms with Gasteiger partial charge in [0.2, 0.25) is 5.91 Å². The van der Waals surface area contributed by atoms with Crippen LogP contribution < -0.4 is 10.2 Å². The van der Waals surface area contributed by atoms with Gasteiger partial charge in [0, 0.05) is 18.1 Å². The molecule has 0 radical (unpaired) electrons. The number of urea groups is 1. The van der Waals surface area contributed by atoms with Crippen molar-refractivity contribution >= 4 is 34.1 Å². The van der Waals surface area contributed by atoms with Gasteiger partial charge in [-0.1, -0.05) is 61.9 Å². The van der Waals surface area contributed by atoms with Gasteiger partial charge in [0.25, 0.3) is 0 Å². The fraction of sp³-hybridized carbons (Fsp3) is 0.188. The van der Waals surface area contributed by atoms with Crippen LogP contribution in [0.1, 0.15) is 37.3 Å². The first-order chi connectivity index (χ1) is 19.2. The standard InChI is InChI=1S/C32H30N4O3/c1-2-3-19-34(32(38)33-25-14-8-12-23-11-4-5-13-24(23)25)22-30(37)36-27-16-7-6-15-26(27)35-20-9-17-28(35)31(36)29-18-10-21-39-29/h4-18,20-21,31H,2-3,19,22H2,1H3,(H,33,38). The van der Waals surface area contributed by atoms with Gasteiger partial charge in [-0.05, 0) is 54.3 Å². The van der Waals surface area contributed by atoms with Crippen LogP contribution in [0.2, 0.25) is 0 Å². The van der Waals surface area contributed by atoms with Crippen LogP contribution in [0.5, 0.6) is 0 Å². The van der Waals surface area contributed by atoms with Gasteiger partial charge in [-0.15, -0.1) is 0 Å². The molecule has 1 unspecified atom stereocenters. The highest BCUT2D eigenvalue weighted by molar-refractivity contribution is 6.04. The predicted molar refractivity (Wildman–Crippen MR) is 153 cm³/mol. The molecule has 1 N–H and O–H groups in total. The fourth-order valence-electron chi connectivity index (χ4n) is 5.35. The van der Waals surface area contributed by atoms with Crippen molar-refractivity contribution in [1.29, 1.82) is 0 Å². The Labute approximate surface area is 227 Å². The zero-order chi connectivity index (χ0) is 26.8. The summed E-state index contributed by atoms with van der Waals surface area (Å²) in [6.07, 6.45) is 5.31. The average molecular weight is 519 g/mol. The van der Waals surface area contributed by atoms with E-state index in [1.165, 1.54) is 0 Å². The molecule has 3 aromatic carbocycles. The number of carbonyl (C=O) groups is 2. The molecule has 0 spiro atoms. The molecule has 7 nitrogen and oxygen atoms in total. The monoisotopic (exact) mass is 518 g/mol. The summed E-state index contributed by atoms with van der Waals surface area (Å²) in [6.45, 7) is 2.48. The van der Waals surface area contributed by atoms with Crippen molar-refractivity contribution in [1.82, 2.24) is 9.47 Å².